The van der Waals surface area contributed by atoms with Crippen LogP contribution >= 0.6 is 0 Å². The standard InChI is InChI=1S/C14H12FN3O/c15-5-6-16-14(19)12-7-10-9-3-1-2-4-11(9)18-13(10)8-17-12/h1-4,7-8,18H,5-6H2,(H,16,19)/i15+0. The van der Waals surface area contributed by atoms with Crippen molar-refractivity contribution in [1.82, 2.24) is 15.3 Å². The van der Waals surface area contributed by atoms with E-state index in [1.807, 2.05) is 24.3 Å². The molecule has 0 aliphatic heterocycles. The summed E-state index contributed by atoms with van der Waals surface area (Å²) in [6.45, 7) is -0.576. The number of carbonyl (C=O) groups is 1. The van der Waals surface area contributed by atoms with Gasteiger partial charge in [-0.05, 0) is 12.1 Å². The topological polar surface area (TPSA) is 57.8 Å². The van der Waals surface area contributed by atoms with Crippen molar-refractivity contribution in [2.24, 2.45) is 0 Å². The number of alkyl halides is 1. The maximum atomic E-state index is 12.0. The SMILES string of the molecule is O=C(NCC[19F])c1cc2c(cn1)[nH]c1ccccc12. The summed E-state index contributed by atoms with van der Waals surface area (Å²) < 4.78 is 12.0. The van der Waals surface area contributed by atoms with Crippen LogP contribution in [0.5, 0.6) is 0 Å². The number of nitrogens with one attached hydrogen (secondary N) is 2. The quantitative estimate of drug-likeness (QED) is 0.757. The van der Waals surface area contributed by atoms with Gasteiger partial charge in [0.2, 0.25) is 0 Å². The van der Waals surface area contributed by atoms with E-state index in [1.165, 1.54) is 0 Å². The third kappa shape index (κ3) is 2.03. The zero-order valence-electron chi connectivity index (χ0n) is 10.1. The van der Waals surface area contributed by atoms with Crippen LogP contribution < -0.4 is 5.32 Å². The van der Waals surface area contributed by atoms with Crippen molar-refractivity contribution in [3.8, 4) is 0 Å². The second kappa shape index (κ2) is 4.68. The van der Waals surface area contributed by atoms with Gasteiger partial charge in [0.15, 0.2) is 0 Å². The van der Waals surface area contributed by atoms with Crippen LogP contribution in [0, 0.1) is 0 Å². The van der Waals surface area contributed by atoms with Crippen LogP contribution in [0.15, 0.2) is 36.5 Å². The molecule has 19 heavy (non-hydrogen) atoms. The second-order valence-corrected chi connectivity index (χ2v) is 4.23. The van der Waals surface area contributed by atoms with Crippen LogP contribution in [0.3, 0.4) is 0 Å². The molecule has 0 unspecified atom stereocenters. The molecule has 3 rings (SSSR count). The van der Waals surface area contributed by atoms with Crippen LogP contribution in [-0.4, -0.2) is 29.1 Å². The third-order valence-corrected chi connectivity index (χ3v) is 3.00. The number of para-hydroxylation sites is 1. The molecule has 0 radical (unpaired) electrons. The van der Waals surface area contributed by atoms with E-state index in [-0.39, 0.29) is 12.5 Å². The molecule has 0 aliphatic carbocycles. The van der Waals surface area contributed by atoms with Crippen LogP contribution in [0.1, 0.15) is 10.5 Å². The van der Waals surface area contributed by atoms with Gasteiger partial charge in [-0.15, -0.1) is 0 Å². The summed E-state index contributed by atoms with van der Waals surface area (Å²) >= 11 is 0. The maximum absolute atomic E-state index is 12.0. The average Bonchev–Trinajstić information content (AvgIpc) is 2.82. The van der Waals surface area contributed by atoms with E-state index in [4.69, 9.17) is 0 Å². The maximum Gasteiger partial charge on any atom is 0.269 e. The number of aromatic nitrogens is 2. The minimum Gasteiger partial charge on any atom is -0.353 e. The Morgan fingerprint density at radius 3 is 2.95 bits per heavy atom. The molecule has 0 spiro atoms. The normalized spacial score (nSPS) is 11.0. The molecule has 4 nitrogen and oxygen atoms in total. The molecular weight excluding hydrogens is 245 g/mol. The number of amides is 1. The number of H-pyrrole nitrogens is 1. The van der Waals surface area contributed by atoms with Gasteiger partial charge in [-0.25, -0.2) is 9.37 Å². The fourth-order valence-corrected chi connectivity index (χ4v) is 2.13. The number of hydrogen-bond donors (Lipinski definition) is 2. The zero-order valence-corrected chi connectivity index (χ0v) is 10.1. The number of nitrogens with zero attached hydrogens (tertiary/aromatic N) is 1. The molecular formula is C14H12FN3O. The summed E-state index contributed by atoms with van der Waals surface area (Å²) in [5, 5.41) is 4.45. The molecule has 0 atom stereocenters. The van der Waals surface area contributed by atoms with Crippen molar-refractivity contribution >= 4 is 27.7 Å². The summed E-state index contributed by atoms with van der Waals surface area (Å²) in [6, 6.07) is 9.57. The molecule has 3 aromatic rings. The Kier molecular flexibility index (Phi) is 2.87. The fourth-order valence-electron chi connectivity index (χ4n) is 2.13. The van der Waals surface area contributed by atoms with Crippen LogP contribution in [-0.2, 0) is 0 Å². The molecule has 2 aromatic heterocycles. The number of fused-ring (bicyclic) bond motifs is 3. The largest absolute Gasteiger partial charge is 0.353 e. The van der Waals surface area contributed by atoms with Crippen molar-refractivity contribution in [2.75, 3.05) is 13.2 Å². The number of hydrogen-bond acceptors (Lipinski definition) is 2. The lowest BCUT2D eigenvalue weighted by Gasteiger charge is -2.01. The number of carbonyl (C=O) groups excluding carboxylic acids is 1. The molecule has 96 valence electrons. The third-order valence-electron chi connectivity index (χ3n) is 3.00. The van der Waals surface area contributed by atoms with E-state index in [2.05, 4.69) is 15.3 Å². The van der Waals surface area contributed by atoms with Gasteiger partial charge in [-0.1, -0.05) is 18.2 Å². The lowest BCUT2D eigenvalue weighted by atomic mass is 10.1. The first kappa shape index (κ1) is 11.6. The van der Waals surface area contributed by atoms with Gasteiger partial charge in [0, 0.05) is 22.8 Å². The van der Waals surface area contributed by atoms with E-state index in [9.17, 15) is 9.18 Å². The molecule has 1 amide bonds. The van der Waals surface area contributed by atoms with Gasteiger partial charge in [0.05, 0.1) is 11.7 Å². The minimum atomic E-state index is -0.582. The molecule has 2 N–H and O–H groups in total. The van der Waals surface area contributed by atoms with Gasteiger partial charge in [0.1, 0.15) is 12.4 Å². The number of rotatable bonds is 3. The van der Waals surface area contributed by atoms with Gasteiger partial charge in [-0.2, -0.15) is 0 Å². The van der Waals surface area contributed by atoms with Gasteiger partial charge in [0.25, 0.3) is 5.91 Å². The number of pyridine rings is 1. The van der Waals surface area contributed by atoms with Crippen molar-refractivity contribution in [2.45, 2.75) is 0 Å². The summed E-state index contributed by atoms with van der Waals surface area (Å²) in [7, 11) is 0. The minimum absolute atomic E-state index is 0.00638. The highest BCUT2D eigenvalue weighted by molar-refractivity contribution is 6.09. The molecule has 5 heteroatoms. The monoisotopic (exact) mass is 257 g/mol. The Bertz CT molecular complexity index is 751. The second-order valence-electron chi connectivity index (χ2n) is 4.23. The fraction of sp³-hybridized carbons (Fsp3) is 0.143. The Labute approximate surface area is 108 Å². The predicted molar refractivity (Wildman–Crippen MR) is 71.9 cm³/mol. The van der Waals surface area contributed by atoms with Crippen molar-refractivity contribution in [3.63, 3.8) is 0 Å². The van der Waals surface area contributed by atoms with Crippen molar-refractivity contribution < 1.29 is 9.18 Å². The molecule has 0 saturated heterocycles. The molecule has 0 aliphatic rings. The zero-order chi connectivity index (χ0) is 13.2. The van der Waals surface area contributed by atoms with E-state index in [0.29, 0.717) is 5.69 Å². The first-order valence-electron chi connectivity index (χ1n) is 6.00. The van der Waals surface area contributed by atoms with Gasteiger partial charge in [-0.3, -0.25) is 4.79 Å². The van der Waals surface area contributed by atoms with Crippen LogP contribution in [0.4, 0.5) is 4.39 Å². The molecule has 0 bridgehead atoms. The van der Waals surface area contributed by atoms with Gasteiger partial charge < -0.3 is 10.3 Å². The Morgan fingerprint density at radius 2 is 2.11 bits per heavy atom. The number of halogens is 1. The summed E-state index contributed by atoms with van der Waals surface area (Å²) in [6.07, 6.45) is 1.62. The highest BCUT2D eigenvalue weighted by Gasteiger charge is 2.10. The first-order chi connectivity index (χ1) is 9.29. The smallest absolute Gasteiger partial charge is 0.269 e. The summed E-state index contributed by atoms with van der Waals surface area (Å²) in [5.74, 6) is -0.357. The Morgan fingerprint density at radius 1 is 1.26 bits per heavy atom. The molecule has 1 aromatic carbocycles. The average molecular weight is 257 g/mol. The summed E-state index contributed by atoms with van der Waals surface area (Å²) in [4.78, 5) is 19.1. The van der Waals surface area contributed by atoms with Crippen LogP contribution in [0.2, 0.25) is 0 Å². The van der Waals surface area contributed by atoms with E-state index >= 15 is 0 Å². The highest BCUT2D eigenvalue weighted by atomic mass is 19.1. The Hall–Kier alpha value is -2.43. The van der Waals surface area contributed by atoms with E-state index < -0.39 is 6.67 Å². The number of benzene rings is 1. The lowest BCUT2D eigenvalue weighted by Crippen LogP contribution is -2.26. The lowest BCUT2D eigenvalue weighted by molar-refractivity contribution is 0.0946. The molecule has 0 saturated carbocycles. The first-order valence-corrected chi connectivity index (χ1v) is 6.00. The van der Waals surface area contributed by atoms with Gasteiger partial charge >= 0.3 is 0 Å². The molecule has 0 fully saturated rings. The number of aromatic amines is 1. The van der Waals surface area contributed by atoms with Crippen molar-refractivity contribution in [1.29, 1.82) is 0 Å². The Balaban J connectivity index is 2.09. The molecule has 2 heterocycles. The van der Waals surface area contributed by atoms with E-state index in [1.54, 1.807) is 12.3 Å². The summed E-state index contributed by atoms with van der Waals surface area (Å²) in [5.41, 5.74) is 2.18. The highest BCUT2D eigenvalue weighted by Crippen LogP contribution is 2.24. The van der Waals surface area contributed by atoms with E-state index in [0.717, 1.165) is 21.8 Å². The van der Waals surface area contributed by atoms with Crippen LogP contribution in [0.25, 0.3) is 21.8 Å². The predicted octanol–water partition coefficient (Wildman–Crippen LogP) is 2.42. The van der Waals surface area contributed by atoms with Crippen molar-refractivity contribution in [3.05, 3.63) is 42.2 Å².